The van der Waals surface area contributed by atoms with Gasteiger partial charge in [-0.3, -0.25) is 0 Å². The molecule has 2 rings (SSSR count). The second kappa shape index (κ2) is 5.07. The summed E-state index contributed by atoms with van der Waals surface area (Å²) in [6, 6.07) is 9.01. The minimum Gasteiger partial charge on any atom is -0.439 e. The number of hydrogen-bond donors (Lipinski definition) is 1. The molecule has 2 aromatic rings. The Kier molecular flexibility index (Phi) is 3.64. The molecule has 0 unspecified atom stereocenters. The molecule has 0 aliphatic rings. The van der Waals surface area contributed by atoms with Gasteiger partial charge >= 0.3 is 0 Å². The number of aromatic nitrogens is 1. The molecule has 1 heterocycles. The molecule has 5 nitrogen and oxygen atoms in total. The Labute approximate surface area is 115 Å². The lowest BCUT2D eigenvalue weighted by molar-refractivity contribution is 0.463. The molecule has 0 amide bonds. The summed E-state index contributed by atoms with van der Waals surface area (Å²) in [5, 5.41) is 0.225. The van der Waals surface area contributed by atoms with Crippen LogP contribution in [0.3, 0.4) is 0 Å². The van der Waals surface area contributed by atoms with Crippen LogP contribution in [0.5, 0.6) is 11.6 Å². The van der Waals surface area contributed by atoms with Crippen molar-refractivity contribution in [1.82, 2.24) is 4.98 Å². The molecule has 1 aromatic heterocycles. The van der Waals surface area contributed by atoms with Crippen LogP contribution in [0, 0.1) is 0 Å². The van der Waals surface area contributed by atoms with Crippen LogP contribution < -0.4 is 10.5 Å². The maximum atomic E-state index is 11.3. The number of hydrogen-bond acceptors (Lipinski definition) is 5. The maximum Gasteiger partial charge on any atom is 0.222 e. The van der Waals surface area contributed by atoms with Crippen LogP contribution in [-0.2, 0) is 9.84 Å². The van der Waals surface area contributed by atoms with Gasteiger partial charge in [0.05, 0.1) is 4.90 Å². The van der Waals surface area contributed by atoms with E-state index in [0.29, 0.717) is 11.4 Å². The number of pyridine rings is 1. The number of nitrogens with two attached hydrogens (primary N) is 1. The Bertz CT molecular complexity index is 679. The van der Waals surface area contributed by atoms with E-state index < -0.39 is 9.84 Å². The molecule has 7 heteroatoms. The predicted octanol–water partition coefficient (Wildman–Crippen LogP) is 2.51. The average molecular weight is 299 g/mol. The van der Waals surface area contributed by atoms with Gasteiger partial charge in [0.1, 0.15) is 10.9 Å². The highest BCUT2D eigenvalue weighted by Crippen LogP contribution is 2.24. The summed E-state index contributed by atoms with van der Waals surface area (Å²) in [5.41, 5.74) is 6.04. The smallest absolute Gasteiger partial charge is 0.222 e. The van der Waals surface area contributed by atoms with Gasteiger partial charge in [0.2, 0.25) is 5.88 Å². The van der Waals surface area contributed by atoms with Gasteiger partial charge in [-0.05, 0) is 30.3 Å². The van der Waals surface area contributed by atoms with Crippen LogP contribution in [0.15, 0.2) is 41.3 Å². The summed E-state index contributed by atoms with van der Waals surface area (Å²) < 4.78 is 28.0. The molecule has 0 saturated heterocycles. The molecule has 1 aromatic carbocycles. The molecule has 0 fully saturated rings. The Hall–Kier alpha value is -1.79. The Morgan fingerprint density at radius 2 is 1.84 bits per heavy atom. The third-order valence-corrected chi connectivity index (χ3v) is 3.59. The first kappa shape index (κ1) is 13.6. The summed E-state index contributed by atoms with van der Waals surface area (Å²) in [5.74, 6) is 0.693. The lowest BCUT2D eigenvalue weighted by Crippen LogP contribution is -1.97. The lowest BCUT2D eigenvalue weighted by atomic mass is 10.3. The average Bonchev–Trinajstić information content (AvgIpc) is 2.26. The van der Waals surface area contributed by atoms with Crippen LogP contribution in [0.1, 0.15) is 0 Å². The Balaban J connectivity index is 2.24. The summed E-state index contributed by atoms with van der Waals surface area (Å²) in [6.07, 6.45) is 1.14. The first-order valence-electron chi connectivity index (χ1n) is 5.25. The zero-order valence-corrected chi connectivity index (χ0v) is 11.6. The second-order valence-electron chi connectivity index (χ2n) is 3.91. The molecular weight excluding hydrogens is 288 g/mol. The van der Waals surface area contributed by atoms with Gasteiger partial charge in [0, 0.05) is 18.0 Å². The van der Waals surface area contributed by atoms with E-state index in [2.05, 4.69) is 4.98 Å². The maximum absolute atomic E-state index is 11.3. The van der Waals surface area contributed by atoms with Gasteiger partial charge in [-0.25, -0.2) is 13.4 Å². The van der Waals surface area contributed by atoms with Gasteiger partial charge in [-0.2, -0.15) is 0 Å². The van der Waals surface area contributed by atoms with E-state index in [1.807, 2.05) is 0 Å². The third kappa shape index (κ3) is 3.59. The van der Waals surface area contributed by atoms with E-state index in [9.17, 15) is 8.42 Å². The Morgan fingerprint density at radius 3 is 2.37 bits per heavy atom. The van der Waals surface area contributed by atoms with Crippen molar-refractivity contribution in [2.24, 2.45) is 0 Å². The molecule has 0 aliphatic carbocycles. The highest BCUT2D eigenvalue weighted by molar-refractivity contribution is 7.90. The minimum atomic E-state index is -3.22. The van der Waals surface area contributed by atoms with E-state index in [1.165, 1.54) is 36.4 Å². The number of halogens is 1. The van der Waals surface area contributed by atoms with Crippen molar-refractivity contribution in [3.63, 3.8) is 0 Å². The summed E-state index contributed by atoms with van der Waals surface area (Å²) in [4.78, 5) is 4.17. The van der Waals surface area contributed by atoms with Crippen molar-refractivity contribution in [2.45, 2.75) is 4.90 Å². The molecule has 100 valence electrons. The summed E-state index contributed by atoms with van der Waals surface area (Å²) in [6.45, 7) is 0. The van der Waals surface area contributed by atoms with Crippen molar-refractivity contribution >= 4 is 27.1 Å². The number of sulfone groups is 1. The summed E-state index contributed by atoms with van der Waals surface area (Å²) in [7, 11) is -3.22. The highest BCUT2D eigenvalue weighted by atomic mass is 35.5. The number of nitrogen functional groups attached to an aromatic ring is 1. The van der Waals surface area contributed by atoms with Gasteiger partial charge in [-0.1, -0.05) is 11.6 Å². The summed E-state index contributed by atoms with van der Waals surface area (Å²) >= 11 is 5.75. The fourth-order valence-electron chi connectivity index (χ4n) is 1.42. The largest absolute Gasteiger partial charge is 0.439 e. The number of anilines is 1. The quantitative estimate of drug-likeness (QED) is 0.880. The number of benzene rings is 1. The molecule has 0 saturated carbocycles. The monoisotopic (exact) mass is 298 g/mol. The number of nitrogens with zero attached hydrogens (tertiary/aromatic N) is 1. The van der Waals surface area contributed by atoms with Crippen LogP contribution in [0.25, 0.3) is 0 Å². The van der Waals surface area contributed by atoms with E-state index in [4.69, 9.17) is 22.1 Å². The predicted molar refractivity (Wildman–Crippen MR) is 73.3 cm³/mol. The van der Waals surface area contributed by atoms with Crippen LogP contribution in [0.4, 0.5) is 5.69 Å². The van der Waals surface area contributed by atoms with E-state index in [1.54, 1.807) is 0 Å². The molecule has 2 N–H and O–H groups in total. The molecule has 19 heavy (non-hydrogen) atoms. The number of ether oxygens (including phenoxy) is 1. The zero-order chi connectivity index (χ0) is 14.0. The van der Waals surface area contributed by atoms with Gasteiger partial charge < -0.3 is 10.5 Å². The molecule has 0 bridgehead atoms. The van der Waals surface area contributed by atoms with Crippen molar-refractivity contribution < 1.29 is 13.2 Å². The fraction of sp³-hybridized carbons (Fsp3) is 0.0833. The minimum absolute atomic E-state index is 0.221. The van der Waals surface area contributed by atoms with Crippen molar-refractivity contribution in [1.29, 1.82) is 0 Å². The molecule has 0 spiro atoms. The highest BCUT2D eigenvalue weighted by Gasteiger charge is 2.07. The molecule has 0 atom stereocenters. The van der Waals surface area contributed by atoms with Crippen molar-refractivity contribution in [3.8, 4) is 11.6 Å². The van der Waals surface area contributed by atoms with Crippen LogP contribution in [-0.4, -0.2) is 19.7 Å². The Morgan fingerprint density at radius 1 is 1.21 bits per heavy atom. The third-order valence-electron chi connectivity index (χ3n) is 2.27. The first-order valence-corrected chi connectivity index (χ1v) is 7.52. The molecular formula is C12H11ClN2O3S. The van der Waals surface area contributed by atoms with Crippen molar-refractivity contribution in [3.05, 3.63) is 41.6 Å². The topological polar surface area (TPSA) is 82.3 Å². The second-order valence-corrected chi connectivity index (χ2v) is 6.31. The van der Waals surface area contributed by atoms with Gasteiger partial charge in [0.25, 0.3) is 0 Å². The zero-order valence-electron chi connectivity index (χ0n) is 10.00. The van der Waals surface area contributed by atoms with Crippen molar-refractivity contribution in [2.75, 3.05) is 12.0 Å². The first-order chi connectivity index (χ1) is 8.84. The fourth-order valence-corrected chi connectivity index (χ4v) is 2.26. The van der Waals surface area contributed by atoms with Gasteiger partial charge in [0.15, 0.2) is 9.84 Å². The van der Waals surface area contributed by atoms with E-state index >= 15 is 0 Å². The van der Waals surface area contributed by atoms with E-state index in [-0.39, 0.29) is 15.9 Å². The SMILES string of the molecule is CS(=O)(=O)c1ccc(Oc2cc(N)cc(Cl)n2)cc1. The normalized spacial score (nSPS) is 11.3. The van der Waals surface area contributed by atoms with Crippen LogP contribution in [0.2, 0.25) is 5.15 Å². The van der Waals surface area contributed by atoms with Crippen LogP contribution >= 0.6 is 11.6 Å². The standard InChI is InChI=1S/C12H11ClN2O3S/c1-19(16,17)10-4-2-9(3-5-10)18-12-7-8(14)6-11(13)15-12/h2-7H,1H3,(H2,14,15). The lowest BCUT2D eigenvalue weighted by Gasteiger charge is -2.06. The van der Waals surface area contributed by atoms with Gasteiger partial charge in [-0.15, -0.1) is 0 Å². The number of rotatable bonds is 3. The molecule has 0 radical (unpaired) electrons. The molecule has 0 aliphatic heterocycles. The van der Waals surface area contributed by atoms with E-state index in [0.717, 1.165) is 6.26 Å².